The van der Waals surface area contributed by atoms with E-state index in [2.05, 4.69) is 0 Å². The summed E-state index contributed by atoms with van der Waals surface area (Å²) in [5, 5.41) is 104. The summed E-state index contributed by atoms with van der Waals surface area (Å²) in [6, 6.07) is 7.59. The van der Waals surface area contributed by atoms with Gasteiger partial charge in [0.25, 0.3) is 0 Å². The number of aliphatic hydroxyl groups excluding tert-OH is 1. The molecule has 51 heavy (non-hydrogen) atoms. The highest BCUT2D eigenvalue weighted by atomic mass is 16.6. The minimum Gasteiger partial charge on any atom is -0.508 e. The fourth-order valence-corrected chi connectivity index (χ4v) is 7.21. The van der Waals surface area contributed by atoms with Gasteiger partial charge in [-0.15, -0.1) is 0 Å². The summed E-state index contributed by atoms with van der Waals surface area (Å²) in [5.41, 5.74) is 0.170. The summed E-state index contributed by atoms with van der Waals surface area (Å²) in [7, 11) is 0. The predicted molar refractivity (Wildman–Crippen MR) is 172 cm³/mol. The molecule has 7 rings (SSSR count). The molecular formula is C36H32O15. The van der Waals surface area contributed by atoms with E-state index < -0.39 is 70.8 Å². The van der Waals surface area contributed by atoms with Crippen molar-refractivity contribution in [3.8, 4) is 63.2 Å². The standard InChI is InChI=1S/C36H32O15/c37-15-6-22(40)19-11-27(45)35(50-28(19)8-15)18-10-26(44)33(47)31-17(18)3-13(1-2-21(31)39)34-30(12-20-23(41)7-16(38)9-29(20)49-34)51-36(48)14-4-24(42)32(46)25(43)5-14/h4-10,13,27,30,34-35,37-38,40-47H,1-3,11-12H2. The fourth-order valence-electron chi connectivity index (χ4n) is 7.21. The molecule has 266 valence electrons. The summed E-state index contributed by atoms with van der Waals surface area (Å²) < 4.78 is 18.2. The molecule has 15 nitrogen and oxygen atoms in total. The predicted octanol–water partition coefficient (Wildman–Crippen LogP) is 3.44. The Morgan fingerprint density at radius 1 is 0.667 bits per heavy atom. The number of ether oxygens (including phenoxy) is 3. The number of aromatic hydroxyl groups is 9. The maximum absolute atomic E-state index is 13.6. The summed E-state index contributed by atoms with van der Waals surface area (Å²) in [6.45, 7) is 0. The summed E-state index contributed by atoms with van der Waals surface area (Å²) in [4.78, 5) is 27.0. The Balaban J connectivity index is 1.30. The molecule has 2 heterocycles. The molecule has 0 amide bonds. The lowest BCUT2D eigenvalue weighted by Crippen LogP contribution is -2.46. The van der Waals surface area contributed by atoms with Crippen LogP contribution in [0, 0.1) is 5.92 Å². The number of phenols is 9. The normalized spacial score (nSPS) is 22.4. The van der Waals surface area contributed by atoms with E-state index in [1.54, 1.807) is 0 Å². The van der Waals surface area contributed by atoms with Crippen molar-refractivity contribution in [3.63, 3.8) is 0 Å². The number of Topliss-reactive ketones (excluding diaryl/α,β-unsaturated/α-hetero) is 1. The number of benzene rings is 4. The number of hydrogen-bond donors (Lipinski definition) is 10. The van der Waals surface area contributed by atoms with Crippen LogP contribution in [0.3, 0.4) is 0 Å². The van der Waals surface area contributed by atoms with E-state index in [0.717, 1.165) is 30.3 Å². The van der Waals surface area contributed by atoms with Crippen molar-refractivity contribution in [1.82, 2.24) is 0 Å². The van der Waals surface area contributed by atoms with Crippen LogP contribution in [-0.4, -0.2) is 81.1 Å². The number of esters is 1. The van der Waals surface area contributed by atoms with E-state index in [0.29, 0.717) is 0 Å². The molecule has 2 aliphatic heterocycles. The molecular weight excluding hydrogens is 672 g/mol. The van der Waals surface area contributed by atoms with E-state index in [1.165, 1.54) is 12.1 Å². The van der Waals surface area contributed by atoms with E-state index in [-0.39, 0.29) is 100.0 Å². The molecule has 0 saturated heterocycles. The Kier molecular flexibility index (Phi) is 8.01. The van der Waals surface area contributed by atoms with Crippen LogP contribution in [0.15, 0.2) is 42.5 Å². The maximum atomic E-state index is 13.6. The van der Waals surface area contributed by atoms with Crippen molar-refractivity contribution in [1.29, 1.82) is 0 Å². The van der Waals surface area contributed by atoms with Crippen molar-refractivity contribution in [2.75, 3.05) is 0 Å². The number of fused-ring (bicyclic) bond motifs is 3. The zero-order valence-corrected chi connectivity index (χ0v) is 26.5. The SMILES string of the molecule is O=C(OC1Cc2c(O)cc(O)cc2OC1C1CCC(=O)c2c(O)c(O)cc(C3Oc4cc(O)cc(O)c4CC3O)c2C1)c1cc(O)c(O)c(O)c1. The molecule has 3 aliphatic rings. The van der Waals surface area contributed by atoms with Crippen LogP contribution in [-0.2, 0) is 24.0 Å². The molecule has 0 bridgehead atoms. The van der Waals surface area contributed by atoms with Crippen LogP contribution in [0.25, 0.3) is 0 Å². The number of carbonyl (C=O) groups is 2. The molecule has 0 aromatic heterocycles. The Bertz CT molecular complexity index is 2080. The Morgan fingerprint density at radius 2 is 1.25 bits per heavy atom. The van der Waals surface area contributed by atoms with Crippen LogP contribution >= 0.6 is 0 Å². The number of hydrogen-bond acceptors (Lipinski definition) is 15. The topological polar surface area (TPSA) is 264 Å². The molecule has 5 atom stereocenters. The van der Waals surface area contributed by atoms with Gasteiger partial charge >= 0.3 is 5.97 Å². The van der Waals surface area contributed by atoms with Crippen LogP contribution in [0.4, 0.5) is 0 Å². The zero-order valence-electron chi connectivity index (χ0n) is 26.5. The number of phenolic OH excluding ortho intramolecular Hbond substituents is 9. The Morgan fingerprint density at radius 3 is 1.90 bits per heavy atom. The Labute approximate surface area is 288 Å². The number of carbonyl (C=O) groups excluding carboxylic acids is 2. The van der Waals surface area contributed by atoms with Crippen LogP contribution in [0.1, 0.15) is 61.9 Å². The van der Waals surface area contributed by atoms with Crippen molar-refractivity contribution in [2.24, 2.45) is 5.92 Å². The molecule has 5 unspecified atom stereocenters. The van der Waals surface area contributed by atoms with Crippen molar-refractivity contribution in [2.45, 2.75) is 56.5 Å². The van der Waals surface area contributed by atoms with Crippen molar-refractivity contribution < 1.29 is 74.9 Å². The second-order valence-electron chi connectivity index (χ2n) is 12.9. The van der Waals surface area contributed by atoms with Crippen molar-refractivity contribution in [3.05, 3.63) is 75.8 Å². The van der Waals surface area contributed by atoms with Gasteiger partial charge in [0.2, 0.25) is 0 Å². The average Bonchev–Trinajstić information content (AvgIpc) is 3.24. The van der Waals surface area contributed by atoms with Gasteiger partial charge in [-0.1, -0.05) is 0 Å². The summed E-state index contributed by atoms with van der Waals surface area (Å²) >= 11 is 0. The lowest BCUT2D eigenvalue weighted by atomic mass is 9.82. The van der Waals surface area contributed by atoms with E-state index >= 15 is 0 Å². The second kappa shape index (κ2) is 12.3. The van der Waals surface area contributed by atoms with Crippen molar-refractivity contribution >= 4 is 11.8 Å². The van der Waals surface area contributed by atoms with Gasteiger partial charge < -0.3 is 65.3 Å². The van der Waals surface area contributed by atoms with Gasteiger partial charge in [0.1, 0.15) is 46.7 Å². The maximum Gasteiger partial charge on any atom is 0.338 e. The average molecular weight is 705 g/mol. The number of ketones is 1. The largest absolute Gasteiger partial charge is 0.508 e. The lowest BCUT2D eigenvalue weighted by molar-refractivity contribution is -0.0395. The summed E-state index contributed by atoms with van der Waals surface area (Å²) in [6.07, 6.45) is -5.29. The second-order valence-corrected chi connectivity index (χ2v) is 12.9. The molecule has 15 heteroatoms. The highest BCUT2D eigenvalue weighted by molar-refractivity contribution is 6.01. The van der Waals surface area contributed by atoms with Gasteiger partial charge in [-0.25, -0.2) is 4.79 Å². The first-order valence-corrected chi connectivity index (χ1v) is 15.9. The van der Waals surface area contributed by atoms with E-state index in [4.69, 9.17) is 14.2 Å². The molecule has 0 fully saturated rings. The molecule has 4 aromatic rings. The van der Waals surface area contributed by atoms with Gasteiger partial charge in [0.15, 0.2) is 40.6 Å². The first kappa shape index (κ1) is 33.3. The fraction of sp³-hybridized carbons (Fsp3) is 0.278. The molecule has 1 aliphatic carbocycles. The van der Waals surface area contributed by atoms with Gasteiger partial charge in [-0.05, 0) is 36.6 Å². The molecule has 0 spiro atoms. The quantitative estimate of drug-likeness (QED) is 0.0829. The van der Waals surface area contributed by atoms with Gasteiger partial charge in [0, 0.05) is 66.1 Å². The smallest absolute Gasteiger partial charge is 0.338 e. The van der Waals surface area contributed by atoms with Crippen LogP contribution in [0.5, 0.6) is 63.2 Å². The number of rotatable bonds is 4. The minimum atomic E-state index is -1.33. The van der Waals surface area contributed by atoms with E-state index in [1.807, 2.05) is 0 Å². The molecule has 0 radical (unpaired) electrons. The lowest BCUT2D eigenvalue weighted by Gasteiger charge is -2.38. The first-order valence-electron chi connectivity index (χ1n) is 15.9. The van der Waals surface area contributed by atoms with E-state index in [9.17, 15) is 60.7 Å². The third kappa shape index (κ3) is 5.80. The van der Waals surface area contributed by atoms with Gasteiger partial charge in [-0.2, -0.15) is 0 Å². The van der Waals surface area contributed by atoms with Crippen LogP contribution < -0.4 is 9.47 Å². The zero-order chi connectivity index (χ0) is 36.5. The highest BCUT2D eigenvalue weighted by Gasteiger charge is 2.44. The first-order chi connectivity index (χ1) is 24.2. The molecule has 4 aromatic carbocycles. The third-order valence-corrected chi connectivity index (χ3v) is 9.64. The monoisotopic (exact) mass is 704 g/mol. The van der Waals surface area contributed by atoms with Gasteiger partial charge in [0.05, 0.1) is 17.2 Å². The minimum absolute atomic E-state index is 0.0470. The summed E-state index contributed by atoms with van der Waals surface area (Å²) in [5.74, 6) is -7.26. The highest BCUT2D eigenvalue weighted by Crippen LogP contribution is 2.49. The number of aliphatic hydroxyl groups is 1. The van der Waals surface area contributed by atoms with Crippen LogP contribution in [0.2, 0.25) is 0 Å². The molecule has 10 N–H and O–H groups in total. The Hall–Kier alpha value is -6.22. The molecule has 0 saturated carbocycles. The third-order valence-electron chi connectivity index (χ3n) is 9.64. The van der Waals surface area contributed by atoms with Gasteiger partial charge in [-0.3, -0.25) is 4.79 Å².